The quantitative estimate of drug-likeness (QED) is 0.587. The fourth-order valence-electron chi connectivity index (χ4n) is 1.50. The minimum atomic E-state index is -3.92. The molecule has 0 atom stereocenters. The summed E-state index contributed by atoms with van der Waals surface area (Å²) in [5.74, 6) is -0.518. The van der Waals surface area contributed by atoms with Gasteiger partial charge in [-0.3, -0.25) is 4.72 Å². The Balaban J connectivity index is 2.55. The number of nitrogens with one attached hydrogen (secondary N) is 1. The van der Waals surface area contributed by atoms with Gasteiger partial charge in [-0.15, -0.1) is 0 Å². The molecule has 0 aromatic heterocycles. The van der Waals surface area contributed by atoms with Gasteiger partial charge in [0.2, 0.25) is 0 Å². The number of halogens is 4. The SMILES string of the molecule is O=S(=O)(Nc1c(Cl)c(Cl)c(O)c(Cl)c1Cl)c1ccccc1. The molecule has 0 aliphatic rings. The van der Waals surface area contributed by atoms with Crippen LogP contribution < -0.4 is 4.72 Å². The number of benzene rings is 2. The summed E-state index contributed by atoms with van der Waals surface area (Å²) < 4.78 is 26.7. The maximum Gasteiger partial charge on any atom is 0.261 e. The lowest BCUT2D eigenvalue weighted by Crippen LogP contribution is -2.13. The number of rotatable bonds is 3. The van der Waals surface area contributed by atoms with Crippen LogP contribution in [0.5, 0.6) is 5.75 Å². The van der Waals surface area contributed by atoms with E-state index in [4.69, 9.17) is 46.4 Å². The first-order chi connectivity index (χ1) is 9.75. The second-order valence-electron chi connectivity index (χ2n) is 3.90. The number of phenolic OH excluding ortho intramolecular Hbond substituents is 1. The van der Waals surface area contributed by atoms with E-state index >= 15 is 0 Å². The summed E-state index contributed by atoms with van der Waals surface area (Å²) in [6.07, 6.45) is 0. The summed E-state index contributed by atoms with van der Waals surface area (Å²) in [6.45, 7) is 0. The lowest BCUT2D eigenvalue weighted by Gasteiger charge is -2.14. The van der Waals surface area contributed by atoms with Gasteiger partial charge in [-0.2, -0.15) is 0 Å². The molecule has 0 aliphatic carbocycles. The first-order valence-electron chi connectivity index (χ1n) is 5.38. The van der Waals surface area contributed by atoms with Crippen molar-refractivity contribution in [3.05, 3.63) is 50.4 Å². The molecule has 9 heteroatoms. The Morgan fingerprint density at radius 2 is 1.33 bits per heavy atom. The van der Waals surface area contributed by atoms with Gasteiger partial charge in [-0.05, 0) is 12.1 Å². The van der Waals surface area contributed by atoms with Crippen LogP contribution in [0.15, 0.2) is 35.2 Å². The zero-order chi connectivity index (χ0) is 15.8. The van der Waals surface area contributed by atoms with Gasteiger partial charge < -0.3 is 5.11 Å². The molecule has 2 aromatic carbocycles. The molecule has 21 heavy (non-hydrogen) atoms. The topological polar surface area (TPSA) is 66.4 Å². The van der Waals surface area contributed by atoms with Crippen molar-refractivity contribution in [2.45, 2.75) is 4.90 Å². The van der Waals surface area contributed by atoms with E-state index in [0.717, 1.165) is 0 Å². The second kappa shape index (κ2) is 6.10. The molecular formula is C12H7Cl4NO3S. The monoisotopic (exact) mass is 385 g/mol. The van der Waals surface area contributed by atoms with Gasteiger partial charge in [0.1, 0.15) is 10.0 Å². The Morgan fingerprint density at radius 3 is 1.81 bits per heavy atom. The van der Waals surface area contributed by atoms with Gasteiger partial charge in [0.05, 0.1) is 20.6 Å². The highest BCUT2D eigenvalue weighted by molar-refractivity contribution is 7.92. The number of sulfonamides is 1. The number of hydrogen-bond acceptors (Lipinski definition) is 3. The molecule has 2 N–H and O–H groups in total. The number of phenols is 1. The fourth-order valence-corrected chi connectivity index (χ4v) is 3.66. The van der Waals surface area contributed by atoms with E-state index in [2.05, 4.69) is 4.72 Å². The van der Waals surface area contributed by atoms with Crippen LogP contribution in [-0.2, 0) is 10.0 Å². The maximum atomic E-state index is 12.2. The molecule has 0 unspecified atom stereocenters. The third kappa shape index (κ3) is 3.17. The molecular weight excluding hydrogens is 380 g/mol. The second-order valence-corrected chi connectivity index (χ2v) is 7.09. The van der Waals surface area contributed by atoms with Crippen molar-refractivity contribution in [2.75, 3.05) is 4.72 Å². The predicted octanol–water partition coefficient (Wildman–Crippen LogP) is 4.81. The lowest BCUT2D eigenvalue weighted by molar-refractivity contribution is 0.476. The van der Waals surface area contributed by atoms with Gasteiger partial charge in [0, 0.05) is 0 Å². The van der Waals surface area contributed by atoms with E-state index in [0.29, 0.717) is 0 Å². The smallest absolute Gasteiger partial charge is 0.261 e. The molecule has 0 bridgehead atoms. The first kappa shape index (κ1) is 16.5. The van der Waals surface area contributed by atoms with E-state index in [1.165, 1.54) is 12.1 Å². The normalized spacial score (nSPS) is 11.4. The van der Waals surface area contributed by atoms with Crippen LogP contribution in [0.3, 0.4) is 0 Å². The number of anilines is 1. The summed E-state index contributed by atoms with van der Waals surface area (Å²) in [5.41, 5.74) is -0.199. The van der Waals surface area contributed by atoms with E-state index in [9.17, 15) is 13.5 Å². The predicted molar refractivity (Wildman–Crippen MR) is 85.4 cm³/mol. The summed E-state index contributed by atoms with van der Waals surface area (Å²) in [4.78, 5) is 0.0115. The zero-order valence-electron chi connectivity index (χ0n) is 10.1. The number of aromatic hydroxyl groups is 1. The van der Waals surface area contributed by atoms with Gasteiger partial charge in [-0.25, -0.2) is 8.42 Å². The van der Waals surface area contributed by atoms with Gasteiger partial charge in [0.25, 0.3) is 10.0 Å². The fraction of sp³-hybridized carbons (Fsp3) is 0. The summed E-state index contributed by atoms with van der Waals surface area (Å²) in [6, 6.07) is 7.60. The number of hydrogen-bond donors (Lipinski definition) is 2. The lowest BCUT2D eigenvalue weighted by atomic mass is 10.3. The molecule has 4 nitrogen and oxygen atoms in total. The van der Waals surface area contributed by atoms with Gasteiger partial charge in [0.15, 0.2) is 5.75 Å². The zero-order valence-corrected chi connectivity index (χ0v) is 13.9. The van der Waals surface area contributed by atoms with Gasteiger partial charge >= 0.3 is 0 Å². The molecule has 0 spiro atoms. The van der Waals surface area contributed by atoms with Crippen molar-refractivity contribution in [3.8, 4) is 5.75 Å². The Morgan fingerprint density at radius 1 is 0.857 bits per heavy atom. The van der Waals surface area contributed by atoms with Crippen molar-refractivity contribution >= 4 is 62.1 Å². The largest absolute Gasteiger partial charge is 0.505 e. The van der Waals surface area contributed by atoms with Crippen LogP contribution in [0.1, 0.15) is 0 Å². The molecule has 0 aliphatic heterocycles. The minimum absolute atomic E-state index is 0.0115. The van der Waals surface area contributed by atoms with E-state index in [1.807, 2.05) is 0 Å². The summed E-state index contributed by atoms with van der Waals surface area (Å²) >= 11 is 23.4. The van der Waals surface area contributed by atoms with Crippen molar-refractivity contribution < 1.29 is 13.5 Å². The maximum absolute atomic E-state index is 12.2. The van der Waals surface area contributed by atoms with Crippen LogP contribution in [0.25, 0.3) is 0 Å². The average molecular weight is 387 g/mol. The Bertz CT molecular complexity index is 765. The Labute approximate surface area is 141 Å². The third-order valence-corrected chi connectivity index (χ3v) is 5.58. The van der Waals surface area contributed by atoms with Crippen LogP contribution in [0.4, 0.5) is 5.69 Å². The van der Waals surface area contributed by atoms with Crippen LogP contribution in [0.2, 0.25) is 20.1 Å². The molecule has 0 amide bonds. The van der Waals surface area contributed by atoms with Crippen LogP contribution >= 0.6 is 46.4 Å². The van der Waals surface area contributed by atoms with E-state index in [-0.39, 0.29) is 30.7 Å². The van der Waals surface area contributed by atoms with E-state index in [1.54, 1.807) is 18.2 Å². The van der Waals surface area contributed by atoms with Gasteiger partial charge in [-0.1, -0.05) is 64.6 Å². The molecule has 0 fully saturated rings. The molecule has 112 valence electrons. The third-order valence-electron chi connectivity index (χ3n) is 2.53. The highest BCUT2D eigenvalue weighted by Gasteiger charge is 2.24. The highest BCUT2D eigenvalue weighted by atomic mass is 35.5. The average Bonchev–Trinajstić information content (AvgIpc) is 2.48. The Kier molecular flexibility index (Phi) is 4.80. The molecule has 2 rings (SSSR count). The van der Waals surface area contributed by atoms with Crippen molar-refractivity contribution in [2.24, 2.45) is 0 Å². The molecule has 0 radical (unpaired) electrons. The van der Waals surface area contributed by atoms with E-state index < -0.39 is 15.8 Å². The van der Waals surface area contributed by atoms with Crippen molar-refractivity contribution in [1.29, 1.82) is 0 Å². The molecule has 2 aromatic rings. The summed E-state index contributed by atoms with van der Waals surface area (Å²) in [7, 11) is -3.92. The summed E-state index contributed by atoms with van der Waals surface area (Å²) in [5, 5.41) is 8.51. The van der Waals surface area contributed by atoms with Crippen LogP contribution in [0, 0.1) is 0 Å². The van der Waals surface area contributed by atoms with Crippen molar-refractivity contribution in [1.82, 2.24) is 0 Å². The first-order valence-corrected chi connectivity index (χ1v) is 8.38. The molecule has 0 saturated heterocycles. The molecule has 0 heterocycles. The molecule has 0 saturated carbocycles. The minimum Gasteiger partial charge on any atom is -0.505 e. The Hall–Kier alpha value is -0.850. The van der Waals surface area contributed by atoms with Crippen LogP contribution in [-0.4, -0.2) is 13.5 Å². The van der Waals surface area contributed by atoms with Crippen molar-refractivity contribution in [3.63, 3.8) is 0 Å². The highest BCUT2D eigenvalue weighted by Crippen LogP contribution is 2.48. The standard InChI is InChI=1S/C12H7Cl4NO3S/c13-7-9(15)12(18)10(16)8(14)11(7)17-21(19,20)6-4-2-1-3-5-6/h1-5,17-18H.